The van der Waals surface area contributed by atoms with Gasteiger partial charge >= 0.3 is 5.63 Å². The summed E-state index contributed by atoms with van der Waals surface area (Å²) in [5, 5.41) is 1.16. The van der Waals surface area contributed by atoms with E-state index in [1.807, 2.05) is 39.3 Å². The van der Waals surface area contributed by atoms with Gasteiger partial charge in [-0.15, -0.1) is 0 Å². The topological polar surface area (TPSA) is 96.2 Å². The first-order valence-corrected chi connectivity index (χ1v) is 11.4. The van der Waals surface area contributed by atoms with Gasteiger partial charge < -0.3 is 13.6 Å². The van der Waals surface area contributed by atoms with Crippen LogP contribution in [0.15, 0.2) is 23.6 Å². The Morgan fingerprint density at radius 1 is 0.514 bits per heavy atom. The lowest BCUT2D eigenvalue weighted by atomic mass is 10.0. The number of fused-ring (bicyclic) bond motifs is 2. The average molecular weight is 480 g/mol. The molecule has 0 unspecified atom stereocenters. The molecule has 0 N–H and O–H groups in total. The molecule has 0 saturated heterocycles. The summed E-state index contributed by atoms with van der Waals surface area (Å²) in [7, 11) is 5.39. The maximum atomic E-state index is 12.4. The highest BCUT2D eigenvalue weighted by atomic mass is 16.4. The first-order chi connectivity index (χ1) is 16.1. The van der Waals surface area contributed by atoms with Crippen LogP contribution in [0.5, 0.6) is 0 Å². The van der Waals surface area contributed by atoms with Crippen LogP contribution in [0.4, 0.5) is 0 Å². The van der Waals surface area contributed by atoms with Crippen molar-refractivity contribution in [3.63, 3.8) is 0 Å². The molecule has 4 aromatic heterocycles. The van der Waals surface area contributed by atoms with E-state index in [4.69, 9.17) is 4.42 Å². The number of hydrogen-bond acceptors (Lipinski definition) is 5. The molecule has 4 aromatic rings. The Morgan fingerprint density at radius 3 is 1.51 bits per heavy atom. The zero-order valence-corrected chi connectivity index (χ0v) is 22.4. The molecule has 4 heterocycles. The molecule has 8 nitrogen and oxygen atoms in total. The molecule has 0 aliphatic rings. The average Bonchev–Trinajstić information content (AvgIpc) is 2.83. The second-order valence-electron chi connectivity index (χ2n) is 9.33. The number of rotatable bonds is 0. The van der Waals surface area contributed by atoms with Gasteiger partial charge in [-0.2, -0.15) is 0 Å². The molecule has 0 fully saturated rings. The molecule has 0 atom stereocenters. The van der Waals surface area contributed by atoms with Crippen LogP contribution in [-0.2, 0) is 21.1 Å². The van der Waals surface area contributed by atoms with Gasteiger partial charge in [0.25, 0.3) is 5.56 Å². The Hall–Kier alpha value is -3.68. The molecule has 0 aromatic carbocycles. The van der Waals surface area contributed by atoms with Gasteiger partial charge in [0.15, 0.2) is 10.9 Å². The maximum Gasteiger partial charge on any atom is 0.340 e. The normalized spacial score (nSPS) is 11.2. The van der Waals surface area contributed by atoms with Crippen molar-refractivity contribution in [2.45, 2.75) is 55.4 Å². The van der Waals surface area contributed by atoms with E-state index in [9.17, 15) is 19.2 Å². The molecule has 0 aliphatic heterocycles. The van der Waals surface area contributed by atoms with E-state index in [-0.39, 0.29) is 22.0 Å². The van der Waals surface area contributed by atoms with Crippen molar-refractivity contribution in [1.82, 2.24) is 13.7 Å². The Morgan fingerprint density at radius 2 is 0.971 bits per heavy atom. The standard InChI is InChI=1S/C14H18N2O2.C13H15NO3/c1-7-8(2)14(18)16(6)13-11(7)12(17)9(3)10(4)15(13)5;1-6-7(2)13(16)17-12-10(6)11(15)8(3)9(4)14(12)5/h1-6H3;1-5H3. The summed E-state index contributed by atoms with van der Waals surface area (Å²) in [6, 6.07) is 0. The summed E-state index contributed by atoms with van der Waals surface area (Å²) in [5.41, 5.74) is 6.37. The Kier molecular flexibility index (Phi) is 6.55. The highest BCUT2D eigenvalue weighted by Gasteiger charge is 2.17. The van der Waals surface area contributed by atoms with E-state index in [0.29, 0.717) is 44.4 Å². The largest absolute Gasteiger partial charge is 0.405 e. The van der Waals surface area contributed by atoms with Crippen LogP contribution in [-0.4, -0.2) is 13.7 Å². The van der Waals surface area contributed by atoms with Crippen molar-refractivity contribution >= 4 is 22.1 Å². The zero-order valence-electron chi connectivity index (χ0n) is 22.4. The van der Waals surface area contributed by atoms with Gasteiger partial charge in [-0.25, -0.2) is 4.79 Å². The van der Waals surface area contributed by atoms with E-state index in [2.05, 4.69) is 0 Å². The third kappa shape index (κ3) is 3.77. The second kappa shape index (κ2) is 8.83. The number of aryl methyl sites for hydroxylation is 5. The van der Waals surface area contributed by atoms with Crippen LogP contribution < -0.4 is 22.0 Å². The van der Waals surface area contributed by atoms with Gasteiger partial charge in [-0.05, 0) is 66.5 Å². The van der Waals surface area contributed by atoms with Gasteiger partial charge in [0.05, 0.1) is 10.8 Å². The van der Waals surface area contributed by atoms with Crippen molar-refractivity contribution in [1.29, 1.82) is 0 Å². The first kappa shape index (κ1) is 25.9. The lowest BCUT2D eigenvalue weighted by Gasteiger charge is -2.17. The van der Waals surface area contributed by atoms with Crippen LogP contribution in [0.1, 0.15) is 44.8 Å². The molecule has 0 spiro atoms. The predicted octanol–water partition coefficient (Wildman–Crippen LogP) is 3.20. The number of pyridine rings is 3. The van der Waals surface area contributed by atoms with E-state index in [0.717, 1.165) is 22.5 Å². The molecule has 0 amide bonds. The van der Waals surface area contributed by atoms with Gasteiger partial charge in [0, 0.05) is 54.8 Å². The smallest absolute Gasteiger partial charge is 0.340 e. The van der Waals surface area contributed by atoms with Crippen LogP contribution in [0, 0.1) is 55.4 Å². The van der Waals surface area contributed by atoms with Gasteiger partial charge in [0.1, 0.15) is 5.65 Å². The summed E-state index contributed by atoms with van der Waals surface area (Å²) in [6.45, 7) is 14.4. The molecule has 35 heavy (non-hydrogen) atoms. The molecular weight excluding hydrogens is 446 g/mol. The fourth-order valence-electron chi connectivity index (χ4n) is 4.43. The zero-order chi connectivity index (χ0) is 26.7. The maximum absolute atomic E-state index is 12.4. The molecule has 8 heteroatoms. The minimum absolute atomic E-state index is 0.0248. The summed E-state index contributed by atoms with van der Waals surface area (Å²) < 4.78 is 10.5. The van der Waals surface area contributed by atoms with Crippen LogP contribution in [0.3, 0.4) is 0 Å². The van der Waals surface area contributed by atoms with Crippen LogP contribution >= 0.6 is 0 Å². The van der Waals surface area contributed by atoms with Crippen molar-refractivity contribution in [3.8, 4) is 0 Å². The van der Waals surface area contributed by atoms with Crippen molar-refractivity contribution in [2.24, 2.45) is 21.1 Å². The molecule has 0 aliphatic carbocycles. The summed E-state index contributed by atoms with van der Waals surface area (Å²) in [4.78, 5) is 48.4. The predicted molar refractivity (Wildman–Crippen MR) is 140 cm³/mol. The number of aromatic nitrogens is 3. The Bertz CT molecular complexity index is 1780. The fraction of sp³-hybridized carbons (Fsp3) is 0.407. The van der Waals surface area contributed by atoms with Crippen LogP contribution in [0.2, 0.25) is 0 Å². The molecule has 0 bridgehead atoms. The van der Waals surface area contributed by atoms with Crippen LogP contribution in [0.25, 0.3) is 22.1 Å². The molecular formula is C27H33N3O5. The lowest BCUT2D eigenvalue weighted by molar-refractivity contribution is 0.522. The quantitative estimate of drug-likeness (QED) is 0.386. The third-order valence-electron chi connectivity index (χ3n) is 7.60. The van der Waals surface area contributed by atoms with E-state index < -0.39 is 0 Å². The molecule has 0 radical (unpaired) electrons. The lowest BCUT2D eigenvalue weighted by Crippen LogP contribution is -2.27. The monoisotopic (exact) mass is 479 g/mol. The minimum Gasteiger partial charge on any atom is -0.405 e. The van der Waals surface area contributed by atoms with Crippen molar-refractivity contribution in [3.05, 3.63) is 86.0 Å². The van der Waals surface area contributed by atoms with E-state index in [1.54, 1.807) is 50.9 Å². The third-order valence-corrected chi connectivity index (χ3v) is 7.60. The SMILES string of the molecule is Cc1c(C)c2c(=O)c(C)c(C)n(C)c2oc1=O.Cc1c(C)n(C)c2c(c(C)c(C)c(=O)n2C)c1=O. The van der Waals surface area contributed by atoms with Gasteiger partial charge in [-0.3, -0.25) is 19.0 Å². The van der Waals surface area contributed by atoms with Crippen molar-refractivity contribution < 1.29 is 4.42 Å². The van der Waals surface area contributed by atoms with Crippen molar-refractivity contribution in [2.75, 3.05) is 0 Å². The minimum atomic E-state index is -0.381. The van der Waals surface area contributed by atoms with E-state index >= 15 is 0 Å². The molecule has 0 saturated carbocycles. The second-order valence-corrected chi connectivity index (χ2v) is 9.33. The number of nitrogens with zero attached hydrogens (tertiary/aromatic N) is 3. The highest BCUT2D eigenvalue weighted by molar-refractivity contribution is 5.81. The van der Waals surface area contributed by atoms with Gasteiger partial charge in [-0.1, -0.05) is 0 Å². The highest BCUT2D eigenvalue weighted by Crippen LogP contribution is 2.19. The summed E-state index contributed by atoms with van der Waals surface area (Å²) >= 11 is 0. The Labute approximate surface area is 203 Å². The fourth-order valence-corrected chi connectivity index (χ4v) is 4.43. The first-order valence-electron chi connectivity index (χ1n) is 11.4. The molecule has 186 valence electrons. The molecule has 4 rings (SSSR count). The van der Waals surface area contributed by atoms with E-state index in [1.165, 1.54) is 0 Å². The number of hydrogen-bond donors (Lipinski definition) is 0. The van der Waals surface area contributed by atoms with Gasteiger partial charge in [0.2, 0.25) is 5.71 Å². The summed E-state index contributed by atoms with van der Waals surface area (Å²) in [6.07, 6.45) is 0. The Balaban J connectivity index is 0.000000196. The summed E-state index contributed by atoms with van der Waals surface area (Å²) in [5.74, 6) is 0.